The van der Waals surface area contributed by atoms with E-state index in [1.165, 1.54) is 12.3 Å². The summed E-state index contributed by atoms with van der Waals surface area (Å²) in [6.07, 6.45) is 3.02. The van der Waals surface area contributed by atoms with Crippen molar-refractivity contribution in [2.75, 3.05) is 19.0 Å². The van der Waals surface area contributed by atoms with Crippen LogP contribution in [0.2, 0.25) is 0 Å². The summed E-state index contributed by atoms with van der Waals surface area (Å²) < 4.78 is 10.00. The molecule has 0 aliphatic heterocycles. The molecule has 0 bridgehead atoms. The number of aromatic nitrogens is 2. The lowest BCUT2D eigenvalue weighted by molar-refractivity contribution is 0.0461. The highest BCUT2D eigenvalue weighted by molar-refractivity contribution is 5.88. The SMILES string of the molecule is CCOC(=O)c1ccc(COC(=O)c2ccc(NC)cn2)cn1. The van der Waals surface area contributed by atoms with Crippen molar-refractivity contribution in [3.63, 3.8) is 0 Å². The Morgan fingerprint density at radius 1 is 1.00 bits per heavy atom. The summed E-state index contributed by atoms with van der Waals surface area (Å²) in [5.74, 6) is -1.01. The molecule has 23 heavy (non-hydrogen) atoms. The van der Waals surface area contributed by atoms with Crippen molar-refractivity contribution in [2.45, 2.75) is 13.5 Å². The second kappa shape index (κ2) is 7.88. The zero-order valence-electron chi connectivity index (χ0n) is 12.9. The average molecular weight is 315 g/mol. The Bertz CT molecular complexity index is 669. The van der Waals surface area contributed by atoms with E-state index in [1.807, 2.05) is 0 Å². The summed E-state index contributed by atoms with van der Waals surface area (Å²) in [5.41, 5.74) is 1.91. The summed E-state index contributed by atoms with van der Waals surface area (Å²) in [6.45, 7) is 2.06. The van der Waals surface area contributed by atoms with Crippen LogP contribution in [0, 0.1) is 0 Å². The van der Waals surface area contributed by atoms with Gasteiger partial charge in [-0.05, 0) is 25.1 Å². The number of carbonyl (C=O) groups is 2. The minimum absolute atomic E-state index is 0.0460. The van der Waals surface area contributed by atoms with Crippen LogP contribution in [-0.4, -0.2) is 35.6 Å². The van der Waals surface area contributed by atoms with Gasteiger partial charge in [0, 0.05) is 18.8 Å². The fourth-order valence-electron chi connectivity index (χ4n) is 1.72. The highest BCUT2D eigenvalue weighted by atomic mass is 16.5. The van der Waals surface area contributed by atoms with Crippen LogP contribution in [0.15, 0.2) is 36.7 Å². The molecule has 2 aromatic heterocycles. The first-order chi connectivity index (χ1) is 11.1. The van der Waals surface area contributed by atoms with Crippen molar-refractivity contribution in [3.8, 4) is 0 Å². The number of esters is 2. The van der Waals surface area contributed by atoms with Gasteiger partial charge in [0.25, 0.3) is 0 Å². The molecule has 0 aromatic carbocycles. The number of carbonyl (C=O) groups excluding carboxylic acids is 2. The minimum Gasteiger partial charge on any atom is -0.461 e. The van der Waals surface area contributed by atoms with E-state index in [0.29, 0.717) is 12.2 Å². The Kier molecular flexibility index (Phi) is 5.62. The van der Waals surface area contributed by atoms with Crippen LogP contribution in [0.5, 0.6) is 0 Å². The van der Waals surface area contributed by atoms with Gasteiger partial charge < -0.3 is 14.8 Å². The Hall–Kier alpha value is -2.96. The third kappa shape index (κ3) is 4.50. The van der Waals surface area contributed by atoms with E-state index in [0.717, 1.165) is 5.69 Å². The van der Waals surface area contributed by atoms with Gasteiger partial charge in [-0.1, -0.05) is 6.07 Å². The van der Waals surface area contributed by atoms with E-state index in [-0.39, 0.29) is 18.0 Å². The van der Waals surface area contributed by atoms with Crippen molar-refractivity contribution in [1.29, 1.82) is 0 Å². The average Bonchev–Trinajstić information content (AvgIpc) is 2.60. The third-order valence-corrected chi connectivity index (χ3v) is 2.94. The van der Waals surface area contributed by atoms with Crippen LogP contribution in [0.1, 0.15) is 33.5 Å². The van der Waals surface area contributed by atoms with Gasteiger partial charge in [0.2, 0.25) is 0 Å². The number of hydrogen-bond acceptors (Lipinski definition) is 7. The van der Waals surface area contributed by atoms with E-state index < -0.39 is 11.9 Å². The van der Waals surface area contributed by atoms with Crippen LogP contribution < -0.4 is 5.32 Å². The molecule has 7 heteroatoms. The first kappa shape index (κ1) is 16.4. The van der Waals surface area contributed by atoms with Crippen LogP contribution in [-0.2, 0) is 16.1 Å². The second-order valence-electron chi connectivity index (χ2n) is 4.53. The van der Waals surface area contributed by atoms with Gasteiger partial charge in [-0.2, -0.15) is 0 Å². The summed E-state index contributed by atoms with van der Waals surface area (Å²) in [6, 6.07) is 6.50. The molecular formula is C16H17N3O4. The van der Waals surface area contributed by atoms with Crippen LogP contribution in [0.4, 0.5) is 5.69 Å². The molecule has 0 amide bonds. The molecule has 1 N–H and O–H groups in total. The highest BCUT2D eigenvalue weighted by Crippen LogP contribution is 2.08. The molecule has 7 nitrogen and oxygen atoms in total. The fourth-order valence-corrected chi connectivity index (χ4v) is 1.72. The standard InChI is InChI=1S/C16H17N3O4/c1-3-22-15(20)13-6-4-11(8-18-13)10-23-16(21)14-7-5-12(17-2)9-19-14/h4-9,17H,3,10H2,1-2H3. The van der Waals surface area contributed by atoms with Gasteiger partial charge >= 0.3 is 11.9 Å². The maximum atomic E-state index is 11.9. The Morgan fingerprint density at radius 3 is 2.17 bits per heavy atom. The molecule has 2 aromatic rings. The summed E-state index contributed by atoms with van der Waals surface area (Å²) in [4.78, 5) is 31.3. The van der Waals surface area contributed by atoms with Crippen molar-refractivity contribution in [1.82, 2.24) is 9.97 Å². The Labute approximate surface area is 133 Å². The molecule has 2 heterocycles. The van der Waals surface area contributed by atoms with Gasteiger partial charge in [-0.25, -0.2) is 19.6 Å². The number of pyridine rings is 2. The number of rotatable bonds is 6. The van der Waals surface area contributed by atoms with Crippen molar-refractivity contribution in [3.05, 3.63) is 53.6 Å². The van der Waals surface area contributed by atoms with Gasteiger partial charge in [0.15, 0.2) is 0 Å². The molecule has 0 aliphatic rings. The van der Waals surface area contributed by atoms with Crippen molar-refractivity contribution < 1.29 is 19.1 Å². The molecule has 0 saturated heterocycles. The number of nitrogens with zero attached hydrogens (tertiary/aromatic N) is 2. The third-order valence-electron chi connectivity index (χ3n) is 2.94. The van der Waals surface area contributed by atoms with Gasteiger partial charge in [-0.15, -0.1) is 0 Å². The van der Waals surface area contributed by atoms with E-state index in [2.05, 4.69) is 15.3 Å². The molecule has 120 valence electrons. The van der Waals surface area contributed by atoms with E-state index >= 15 is 0 Å². The topological polar surface area (TPSA) is 90.4 Å². The van der Waals surface area contributed by atoms with E-state index in [1.54, 1.807) is 38.4 Å². The minimum atomic E-state index is -0.526. The molecular weight excluding hydrogens is 298 g/mol. The highest BCUT2D eigenvalue weighted by Gasteiger charge is 2.11. The summed E-state index contributed by atoms with van der Waals surface area (Å²) in [5, 5.41) is 2.91. The van der Waals surface area contributed by atoms with Gasteiger partial charge in [0.1, 0.15) is 18.0 Å². The zero-order chi connectivity index (χ0) is 16.7. The maximum Gasteiger partial charge on any atom is 0.357 e. The number of anilines is 1. The van der Waals surface area contributed by atoms with E-state index in [4.69, 9.17) is 9.47 Å². The van der Waals surface area contributed by atoms with Crippen LogP contribution in [0.25, 0.3) is 0 Å². The Balaban J connectivity index is 1.92. The van der Waals surface area contributed by atoms with Gasteiger partial charge in [-0.3, -0.25) is 0 Å². The maximum absolute atomic E-state index is 11.9. The smallest absolute Gasteiger partial charge is 0.357 e. The number of ether oxygens (including phenoxy) is 2. The second-order valence-corrected chi connectivity index (χ2v) is 4.53. The largest absolute Gasteiger partial charge is 0.461 e. The van der Waals surface area contributed by atoms with Crippen LogP contribution in [0.3, 0.4) is 0 Å². The molecule has 0 saturated carbocycles. The molecule has 0 radical (unpaired) electrons. The predicted octanol–water partition coefficient (Wildman–Crippen LogP) is 2.05. The molecule has 0 spiro atoms. The molecule has 0 aliphatic carbocycles. The quantitative estimate of drug-likeness (QED) is 0.816. The fraction of sp³-hybridized carbons (Fsp3) is 0.250. The normalized spacial score (nSPS) is 10.0. The molecule has 0 unspecified atom stereocenters. The first-order valence-electron chi connectivity index (χ1n) is 7.07. The lowest BCUT2D eigenvalue weighted by Crippen LogP contribution is -2.09. The Morgan fingerprint density at radius 2 is 1.65 bits per heavy atom. The lowest BCUT2D eigenvalue weighted by atomic mass is 10.2. The number of hydrogen-bond donors (Lipinski definition) is 1. The van der Waals surface area contributed by atoms with Crippen LogP contribution >= 0.6 is 0 Å². The molecule has 2 rings (SSSR count). The lowest BCUT2D eigenvalue weighted by Gasteiger charge is -2.06. The van der Waals surface area contributed by atoms with E-state index in [9.17, 15) is 9.59 Å². The summed E-state index contributed by atoms with van der Waals surface area (Å²) >= 11 is 0. The molecule has 0 fully saturated rings. The van der Waals surface area contributed by atoms with Crippen molar-refractivity contribution in [2.24, 2.45) is 0 Å². The number of nitrogens with one attached hydrogen (secondary N) is 1. The molecule has 0 atom stereocenters. The predicted molar refractivity (Wildman–Crippen MR) is 83.1 cm³/mol. The monoisotopic (exact) mass is 315 g/mol. The zero-order valence-corrected chi connectivity index (χ0v) is 12.9. The summed E-state index contributed by atoms with van der Waals surface area (Å²) in [7, 11) is 1.77. The van der Waals surface area contributed by atoms with Gasteiger partial charge in [0.05, 0.1) is 18.5 Å². The first-order valence-corrected chi connectivity index (χ1v) is 7.07. The van der Waals surface area contributed by atoms with Crippen molar-refractivity contribution >= 4 is 17.6 Å².